The second-order valence-corrected chi connectivity index (χ2v) is 7.70. The van der Waals surface area contributed by atoms with Crippen LogP contribution < -0.4 is 0 Å². The Morgan fingerprint density at radius 3 is 2.54 bits per heavy atom. The lowest BCUT2D eigenvalue weighted by Gasteiger charge is -2.39. The van der Waals surface area contributed by atoms with Gasteiger partial charge in [0.25, 0.3) is 0 Å². The lowest BCUT2D eigenvalue weighted by atomic mass is 9.84. The Hall–Kier alpha value is -1.98. The van der Waals surface area contributed by atoms with Gasteiger partial charge in [-0.05, 0) is 36.6 Å². The van der Waals surface area contributed by atoms with E-state index in [1.54, 1.807) is 11.8 Å². The maximum absolute atomic E-state index is 12.2. The molecule has 1 fully saturated rings. The smallest absolute Gasteiger partial charge is 0.339 e. The lowest BCUT2D eigenvalue weighted by molar-refractivity contribution is -0.0341. The Morgan fingerprint density at radius 1 is 1.15 bits per heavy atom. The number of hydrogen-bond acceptors (Lipinski definition) is 4. The first-order valence-electron chi connectivity index (χ1n) is 8.57. The summed E-state index contributed by atoms with van der Waals surface area (Å²) in [5, 5.41) is 1.68. The van der Waals surface area contributed by atoms with Crippen molar-refractivity contribution < 1.29 is 9.53 Å². The van der Waals surface area contributed by atoms with E-state index in [4.69, 9.17) is 21.3 Å². The SMILES string of the molecule is CS/C(=N/c1ccc(Cl)cc1)N1CCC2(CC1)OC(=O)c1ccccc12. The number of aliphatic imine (C=N–C) groups is 1. The molecule has 0 N–H and O–H groups in total. The van der Waals surface area contributed by atoms with Gasteiger partial charge in [-0.25, -0.2) is 9.79 Å². The summed E-state index contributed by atoms with van der Waals surface area (Å²) in [6, 6.07) is 15.3. The predicted molar refractivity (Wildman–Crippen MR) is 106 cm³/mol. The quantitative estimate of drug-likeness (QED) is 0.399. The highest BCUT2D eigenvalue weighted by Crippen LogP contribution is 2.44. The second kappa shape index (κ2) is 6.97. The molecule has 0 unspecified atom stereocenters. The van der Waals surface area contributed by atoms with E-state index in [1.165, 1.54) is 0 Å². The van der Waals surface area contributed by atoms with Gasteiger partial charge < -0.3 is 9.64 Å². The van der Waals surface area contributed by atoms with E-state index in [0.29, 0.717) is 10.6 Å². The summed E-state index contributed by atoms with van der Waals surface area (Å²) in [4.78, 5) is 19.2. The molecule has 2 aliphatic heterocycles. The second-order valence-electron chi connectivity index (χ2n) is 6.49. The van der Waals surface area contributed by atoms with E-state index in [-0.39, 0.29) is 5.97 Å². The number of thioether (sulfide) groups is 1. The predicted octanol–water partition coefficient (Wildman–Crippen LogP) is 4.85. The molecule has 0 amide bonds. The molecule has 0 aliphatic carbocycles. The van der Waals surface area contributed by atoms with Crippen molar-refractivity contribution >= 4 is 40.2 Å². The van der Waals surface area contributed by atoms with Crippen molar-refractivity contribution in [1.29, 1.82) is 0 Å². The molecule has 26 heavy (non-hydrogen) atoms. The standard InChI is InChI=1S/C20H19ClN2O2S/c1-26-19(22-15-8-6-14(21)7-9-15)23-12-10-20(11-13-23)17-5-3-2-4-16(17)18(24)25-20/h2-9H,10-13H2,1H3/b22-19+. The number of nitrogens with zero attached hydrogens (tertiary/aromatic N) is 2. The molecule has 0 saturated carbocycles. The van der Waals surface area contributed by atoms with E-state index in [0.717, 1.165) is 42.3 Å². The van der Waals surface area contributed by atoms with Crippen LogP contribution in [-0.4, -0.2) is 35.4 Å². The first kappa shape index (κ1) is 17.4. The highest BCUT2D eigenvalue weighted by Gasteiger charge is 2.47. The summed E-state index contributed by atoms with van der Waals surface area (Å²) in [6.45, 7) is 1.60. The molecule has 4 nitrogen and oxygen atoms in total. The molecule has 0 aromatic heterocycles. The Balaban J connectivity index is 1.53. The van der Waals surface area contributed by atoms with Crippen LogP contribution in [0.15, 0.2) is 53.5 Å². The van der Waals surface area contributed by atoms with Crippen LogP contribution in [-0.2, 0) is 10.3 Å². The first-order chi connectivity index (χ1) is 12.6. The van der Waals surface area contributed by atoms with Gasteiger partial charge in [-0.2, -0.15) is 0 Å². The number of ether oxygens (including phenoxy) is 1. The lowest BCUT2D eigenvalue weighted by Crippen LogP contribution is -2.44. The summed E-state index contributed by atoms with van der Waals surface area (Å²) in [7, 11) is 0. The van der Waals surface area contributed by atoms with E-state index in [1.807, 2.05) is 54.8 Å². The Morgan fingerprint density at radius 2 is 1.85 bits per heavy atom. The van der Waals surface area contributed by atoms with Crippen molar-refractivity contribution in [1.82, 2.24) is 4.90 Å². The van der Waals surface area contributed by atoms with Gasteiger partial charge in [0, 0.05) is 36.5 Å². The van der Waals surface area contributed by atoms with Gasteiger partial charge >= 0.3 is 5.97 Å². The van der Waals surface area contributed by atoms with Crippen LogP contribution in [0.25, 0.3) is 0 Å². The molecule has 2 heterocycles. The molecule has 0 radical (unpaired) electrons. The van der Waals surface area contributed by atoms with Gasteiger partial charge in [-0.15, -0.1) is 0 Å². The van der Waals surface area contributed by atoms with Crippen LogP contribution in [0.2, 0.25) is 5.02 Å². The summed E-state index contributed by atoms with van der Waals surface area (Å²) in [5.41, 5.74) is 2.15. The number of halogens is 1. The number of esters is 1. The summed E-state index contributed by atoms with van der Waals surface area (Å²) >= 11 is 7.58. The normalized spacial score (nSPS) is 18.8. The highest BCUT2D eigenvalue weighted by atomic mass is 35.5. The fraction of sp³-hybridized carbons (Fsp3) is 0.300. The zero-order valence-corrected chi connectivity index (χ0v) is 16.0. The van der Waals surface area contributed by atoms with Crippen molar-refractivity contribution in [3.05, 3.63) is 64.7 Å². The van der Waals surface area contributed by atoms with Crippen LogP contribution in [0.4, 0.5) is 5.69 Å². The number of carbonyl (C=O) groups excluding carboxylic acids is 1. The molecule has 6 heteroatoms. The first-order valence-corrected chi connectivity index (χ1v) is 10.2. The van der Waals surface area contributed by atoms with E-state index >= 15 is 0 Å². The van der Waals surface area contributed by atoms with Crippen molar-refractivity contribution in [2.75, 3.05) is 19.3 Å². The summed E-state index contributed by atoms with van der Waals surface area (Å²) < 4.78 is 5.83. The fourth-order valence-corrected chi connectivity index (χ4v) is 4.41. The number of amidine groups is 1. The van der Waals surface area contributed by atoms with Crippen LogP contribution in [0.3, 0.4) is 0 Å². The number of carbonyl (C=O) groups is 1. The highest BCUT2D eigenvalue weighted by molar-refractivity contribution is 8.13. The van der Waals surface area contributed by atoms with Crippen LogP contribution in [0, 0.1) is 0 Å². The van der Waals surface area contributed by atoms with Gasteiger partial charge in [-0.1, -0.05) is 41.6 Å². The fourth-order valence-electron chi connectivity index (χ4n) is 3.65. The average Bonchev–Trinajstić information content (AvgIpc) is 2.94. The molecule has 0 bridgehead atoms. The molecule has 2 aromatic rings. The van der Waals surface area contributed by atoms with Crippen LogP contribution in [0.1, 0.15) is 28.8 Å². The van der Waals surface area contributed by atoms with E-state index in [9.17, 15) is 4.79 Å². The van der Waals surface area contributed by atoms with Gasteiger partial charge in [0.05, 0.1) is 11.3 Å². The number of benzene rings is 2. The summed E-state index contributed by atoms with van der Waals surface area (Å²) in [5.74, 6) is -0.200. The largest absolute Gasteiger partial charge is 0.450 e. The molecule has 2 aromatic carbocycles. The minimum Gasteiger partial charge on any atom is -0.450 e. The minimum atomic E-state index is -0.478. The number of rotatable bonds is 1. The monoisotopic (exact) mass is 386 g/mol. The van der Waals surface area contributed by atoms with Crippen LogP contribution >= 0.6 is 23.4 Å². The number of fused-ring (bicyclic) bond motifs is 2. The molecule has 2 aliphatic rings. The van der Waals surface area contributed by atoms with Crippen molar-refractivity contribution in [2.45, 2.75) is 18.4 Å². The topological polar surface area (TPSA) is 41.9 Å². The molecular formula is C20H19ClN2O2S. The maximum Gasteiger partial charge on any atom is 0.339 e. The molecule has 0 atom stereocenters. The van der Waals surface area contributed by atoms with Gasteiger partial charge in [-0.3, -0.25) is 0 Å². The zero-order valence-electron chi connectivity index (χ0n) is 14.4. The van der Waals surface area contributed by atoms with Gasteiger partial charge in [0.2, 0.25) is 0 Å². The van der Waals surface area contributed by atoms with E-state index in [2.05, 4.69) is 4.90 Å². The third-order valence-corrected chi connectivity index (χ3v) is 5.97. The van der Waals surface area contributed by atoms with E-state index < -0.39 is 5.60 Å². The molecule has 1 saturated heterocycles. The van der Waals surface area contributed by atoms with Gasteiger partial charge in [0.15, 0.2) is 5.17 Å². The molecule has 1 spiro atoms. The molecular weight excluding hydrogens is 368 g/mol. The number of piperidine rings is 1. The minimum absolute atomic E-state index is 0.200. The van der Waals surface area contributed by atoms with Crippen molar-refractivity contribution in [2.24, 2.45) is 4.99 Å². The number of hydrogen-bond donors (Lipinski definition) is 0. The number of likely N-dealkylation sites (tertiary alicyclic amines) is 1. The van der Waals surface area contributed by atoms with Gasteiger partial charge in [0.1, 0.15) is 5.60 Å². The average molecular weight is 387 g/mol. The Bertz CT molecular complexity index is 858. The van der Waals surface area contributed by atoms with Crippen LogP contribution in [0.5, 0.6) is 0 Å². The van der Waals surface area contributed by atoms with Crippen molar-refractivity contribution in [3.63, 3.8) is 0 Å². The Kier molecular flexibility index (Phi) is 4.67. The third-order valence-electron chi connectivity index (χ3n) is 5.00. The zero-order chi connectivity index (χ0) is 18.1. The summed E-state index contributed by atoms with van der Waals surface area (Å²) in [6.07, 6.45) is 3.58. The molecule has 4 rings (SSSR count). The van der Waals surface area contributed by atoms with Crippen molar-refractivity contribution in [3.8, 4) is 0 Å². The molecule has 134 valence electrons. The maximum atomic E-state index is 12.2. The third kappa shape index (κ3) is 3.10. The Labute approximate surface area is 162 Å².